The second kappa shape index (κ2) is 6.76. The maximum absolute atomic E-state index is 12.3. The summed E-state index contributed by atoms with van der Waals surface area (Å²) in [6.45, 7) is -2.88. The van der Waals surface area contributed by atoms with Crippen LogP contribution < -0.4 is 10.1 Å². The van der Waals surface area contributed by atoms with Crippen molar-refractivity contribution >= 4 is 11.7 Å². The third-order valence-electron chi connectivity index (χ3n) is 3.92. The van der Waals surface area contributed by atoms with E-state index >= 15 is 0 Å². The van der Waals surface area contributed by atoms with Crippen LogP contribution in [0.15, 0.2) is 36.5 Å². The van der Waals surface area contributed by atoms with E-state index < -0.39 is 6.61 Å². The summed E-state index contributed by atoms with van der Waals surface area (Å²) < 4.78 is 30.3. The lowest BCUT2D eigenvalue weighted by atomic mass is 10.2. The fraction of sp³-hybridized carbons (Fsp3) is 0.375. The van der Waals surface area contributed by atoms with Gasteiger partial charge in [-0.1, -0.05) is 12.8 Å². The van der Waals surface area contributed by atoms with Crippen LogP contribution in [0.5, 0.6) is 5.75 Å². The van der Waals surface area contributed by atoms with Gasteiger partial charge in [0.25, 0.3) is 5.91 Å². The Morgan fingerprint density at radius 2 is 1.91 bits per heavy atom. The largest absolute Gasteiger partial charge is 0.435 e. The number of anilines is 1. The molecule has 2 aromatic rings. The molecule has 1 saturated carbocycles. The van der Waals surface area contributed by atoms with Crippen LogP contribution >= 0.6 is 0 Å². The van der Waals surface area contributed by atoms with Crippen molar-refractivity contribution in [2.75, 3.05) is 5.32 Å². The van der Waals surface area contributed by atoms with Crippen LogP contribution in [0.4, 0.5) is 14.6 Å². The Hall–Kier alpha value is -2.44. The third kappa shape index (κ3) is 3.67. The predicted molar refractivity (Wildman–Crippen MR) is 80.8 cm³/mol. The first-order valence-electron chi connectivity index (χ1n) is 7.53. The molecule has 122 valence electrons. The number of carbonyl (C=O) groups excluding carboxylic acids is 1. The van der Waals surface area contributed by atoms with Crippen molar-refractivity contribution in [3.63, 3.8) is 0 Å². The second-order valence-electron chi connectivity index (χ2n) is 5.46. The fourth-order valence-electron chi connectivity index (χ4n) is 2.83. The van der Waals surface area contributed by atoms with E-state index in [9.17, 15) is 13.6 Å². The highest BCUT2D eigenvalue weighted by atomic mass is 19.3. The number of benzene rings is 1. The molecule has 1 fully saturated rings. The zero-order valence-corrected chi connectivity index (χ0v) is 12.4. The van der Waals surface area contributed by atoms with E-state index in [1.165, 1.54) is 37.1 Å². The monoisotopic (exact) mass is 321 g/mol. The van der Waals surface area contributed by atoms with Gasteiger partial charge in [-0.3, -0.25) is 4.79 Å². The van der Waals surface area contributed by atoms with Gasteiger partial charge >= 0.3 is 6.61 Å². The van der Waals surface area contributed by atoms with Gasteiger partial charge in [-0.05, 0) is 37.1 Å². The van der Waals surface area contributed by atoms with E-state index in [1.54, 1.807) is 12.3 Å². The maximum atomic E-state index is 12.3. The van der Waals surface area contributed by atoms with E-state index in [1.807, 2.05) is 4.68 Å². The molecule has 7 heteroatoms. The van der Waals surface area contributed by atoms with Gasteiger partial charge in [0.2, 0.25) is 0 Å². The van der Waals surface area contributed by atoms with E-state index in [0.717, 1.165) is 12.8 Å². The number of aromatic nitrogens is 2. The summed E-state index contributed by atoms with van der Waals surface area (Å²) in [5, 5.41) is 7.11. The Labute approximate surface area is 132 Å². The second-order valence-corrected chi connectivity index (χ2v) is 5.46. The fourth-order valence-corrected chi connectivity index (χ4v) is 2.83. The quantitative estimate of drug-likeness (QED) is 0.910. The Morgan fingerprint density at radius 1 is 1.22 bits per heavy atom. The van der Waals surface area contributed by atoms with Gasteiger partial charge < -0.3 is 10.1 Å². The molecule has 0 bridgehead atoms. The summed E-state index contributed by atoms with van der Waals surface area (Å²) in [6, 6.07) is 7.66. The molecular formula is C16H17F2N3O2. The van der Waals surface area contributed by atoms with Crippen LogP contribution in [0.2, 0.25) is 0 Å². The van der Waals surface area contributed by atoms with Crippen molar-refractivity contribution in [1.29, 1.82) is 0 Å². The standard InChI is InChI=1S/C16H17F2N3O2/c17-16(18)23-13-7-5-11(6-8-13)15(22)20-14-9-10-19-21(14)12-3-1-2-4-12/h5-10,12,16H,1-4H2,(H,20,22). The number of nitrogens with zero attached hydrogens (tertiary/aromatic N) is 2. The van der Waals surface area contributed by atoms with Gasteiger partial charge in [0.15, 0.2) is 0 Å². The molecular weight excluding hydrogens is 304 g/mol. The van der Waals surface area contributed by atoms with Crippen LogP contribution in [-0.2, 0) is 0 Å². The molecule has 1 aliphatic rings. The Kier molecular flexibility index (Phi) is 4.55. The zero-order chi connectivity index (χ0) is 16.2. The minimum Gasteiger partial charge on any atom is -0.435 e. The van der Waals surface area contributed by atoms with Crippen LogP contribution in [0, 0.1) is 0 Å². The first-order valence-corrected chi connectivity index (χ1v) is 7.53. The number of alkyl halides is 2. The molecule has 0 radical (unpaired) electrons. The molecule has 5 nitrogen and oxygen atoms in total. The first-order chi connectivity index (χ1) is 11.1. The number of nitrogens with one attached hydrogen (secondary N) is 1. The average molecular weight is 321 g/mol. The molecule has 0 spiro atoms. The number of hydrogen-bond acceptors (Lipinski definition) is 3. The number of rotatable bonds is 5. The van der Waals surface area contributed by atoms with Crippen molar-refractivity contribution in [1.82, 2.24) is 9.78 Å². The maximum Gasteiger partial charge on any atom is 0.387 e. The summed E-state index contributed by atoms with van der Waals surface area (Å²) in [7, 11) is 0. The van der Waals surface area contributed by atoms with Crippen molar-refractivity contribution in [2.24, 2.45) is 0 Å². The summed E-state index contributed by atoms with van der Waals surface area (Å²) in [5.74, 6) is 0.357. The number of hydrogen-bond donors (Lipinski definition) is 1. The SMILES string of the molecule is O=C(Nc1ccnn1C1CCCC1)c1ccc(OC(F)F)cc1. The molecule has 1 aromatic carbocycles. The topological polar surface area (TPSA) is 56.2 Å². The van der Waals surface area contributed by atoms with Crippen LogP contribution in [-0.4, -0.2) is 22.3 Å². The van der Waals surface area contributed by atoms with Crippen LogP contribution in [0.1, 0.15) is 42.1 Å². The molecule has 1 amide bonds. The lowest BCUT2D eigenvalue weighted by Crippen LogP contribution is -2.17. The van der Waals surface area contributed by atoms with Gasteiger partial charge in [-0.25, -0.2) is 4.68 Å². The van der Waals surface area contributed by atoms with Crippen LogP contribution in [0.25, 0.3) is 0 Å². The Bertz CT molecular complexity index is 664. The molecule has 0 saturated heterocycles. The van der Waals surface area contributed by atoms with Gasteiger partial charge in [0, 0.05) is 11.6 Å². The summed E-state index contributed by atoms with van der Waals surface area (Å²) >= 11 is 0. The molecule has 1 aromatic heterocycles. The van der Waals surface area contributed by atoms with E-state index in [0.29, 0.717) is 17.4 Å². The van der Waals surface area contributed by atoms with Crippen molar-refractivity contribution in [3.05, 3.63) is 42.1 Å². The Morgan fingerprint density at radius 3 is 2.57 bits per heavy atom. The number of ether oxygens (including phenoxy) is 1. The van der Waals surface area contributed by atoms with Gasteiger partial charge in [0.05, 0.1) is 12.2 Å². The van der Waals surface area contributed by atoms with E-state index in [2.05, 4.69) is 15.2 Å². The van der Waals surface area contributed by atoms with Crippen molar-refractivity contribution < 1.29 is 18.3 Å². The molecule has 0 unspecified atom stereocenters. The molecule has 0 atom stereocenters. The van der Waals surface area contributed by atoms with Crippen LogP contribution in [0.3, 0.4) is 0 Å². The molecule has 3 rings (SSSR count). The highest BCUT2D eigenvalue weighted by Crippen LogP contribution is 2.31. The number of carbonyl (C=O) groups is 1. The van der Waals surface area contributed by atoms with Crippen molar-refractivity contribution in [2.45, 2.75) is 38.3 Å². The minimum atomic E-state index is -2.88. The third-order valence-corrected chi connectivity index (χ3v) is 3.92. The average Bonchev–Trinajstić information content (AvgIpc) is 3.18. The molecule has 1 N–H and O–H groups in total. The minimum absolute atomic E-state index is 0.0209. The molecule has 1 aliphatic carbocycles. The smallest absolute Gasteiger partial charge is 0.387 e. The lowest BCUT2D eigenvalue weighted by Gasteiger charge is -2.14. The lowest BCUT2D eigenvalue weighted by molar-refractivity contribution is -0.0498. The summed E-state index contributed by atoms with van der Waals surface area (Å²) in [4.78, 5) is 12.3. The predicted octanol–water partition coefficient (Wildman–Crippen LogP) is 3.85. The highest BCUT2D eigenvalue weighted by molar-refractivity contribution is 6.03. The first kappa shape index (κ1) is 15.5. The Balaban J connectivity index is 1.68. The molecule has 1 heterocycles. The summed E-state index contributed by atoms with van der Waals surface area (Å²) in [6.07, 6.45) is 6.12. The van der Waals surface area contributed by atoms with Gasteiger partial charge in [-0.15, -0.1) is 0 Å². The van der Waals surface area contributed by atoms with E-state index in [-0.39, 0.29) is 11.7 Å². The number of halogens is 2. The zero-order valence-electron chi connectivity index (χ0n) is 12.4. The number of amides is 1. The van der Waals surface area contributed by atoms with E-state index in [4.69, 9.17) is 0 Å². The normalized spacial score (nSPS) is 15.1. The van der Waals surface area contributed by atoms with Gasteiger partial charge in [-0.2, -0.15) is 13.9 Å². The van der Waals surface area contributed by atoms with Gasteiger partial charge in [0.1, 0.15) is 11.6 Å². The summed E-state index contributed by atoms with van der Waals surface area (Å²) in [5.41, 5.74) is 0.366. The highest BCUT2D eigenvalue weighted by Gasteiger charge is 2.20. The molecule has 0 aliphatic heterocycles. The molecule has 23 heavy (non-hydrogen) atoms. The van der Waals surface area contributed by atoms with Crippen molar-refractivity contribution in [3.8, 4) is 5.75 Å².